The number of carboxylic acids is 1. The van der Waals surface area contributed by atoms with Gasteiger partial charge in [0, 0.05) is 5.56 Å². The molecule has 1 heterocycles. The SMILES string of the molecule is Cc1cc(C)c(C(=O)N[C@@H](C(=O)O)c2ccc(F)c(C)c2)o1. The molecule has 1 aromatic carbocycles. The van der Waals surface area contributed by atoms with Gasteiger partial charge < -0.3 is 14.8 Å². The number of aryl methyl sites for hydroxylation is 3. The fourth-order valence-electron chi connectivity index (χ4n) is 2.20. The lowest BCUT2D eigenvalue weighted by molar-refractivity contribution is -0.139. The van der Waals surface area contributed by atoms with Crippen LogP contribution in [0.25, 0.3) is 0 Å². The highest BCUT2D eigenvalue weighted by atomic mass is 19.1. The molecule has 1 atom stereocenters. The number of carboxylic acid groups (broad SMARTS) is 1. The monoisotopic (exact) mass is 305 g/mol. The van der Waals surface area contributed by atoms with E-state index in [1.54, 1.807) is 19.9 Å². The van der Waals surface area contributed by atoms with Gasteiger partial charge in [-0.25, -0.2) is 9.18 Å². The maximum Gasteiger partial charge on any atom is 0.330 e. The molecule has 1 amide bonds. The molecule has 22 heavy (non-hydrogen) atoms. The van der Waals surface area contributed by atoms with Crippen molar-refractivity contribution in [2.75, 3.05) is 0 Å². The van der Waals surface area contributed by atoms with Crippen LogP contribution in [0.3, 0.4) is 0 Å². The standard InChI is InChI=1S/C16H16FNO4/c1-8-7-11(4-5-12(8)17)13(16(20)21)18-15(19)14-9(2)6-10(3)22-14/h4-7,13H,1-3H3,(H,18,19)(H,20,21)/t13-/m1/s1. The van der Waals surface area contributed by atoms with Gasteiger partial charge in [-0.2, -0.15) is 0 Å². The van der Waals surface area contributed by atoms with Crippen molar-refractivity contribution in [3.8, 4) is 0 Å². The molecule has 2 N–H and O–H groups in total. The number of furan rings is 1. The van der Waals surface area contributed by atoms with Crippen molar-refractivity contribution in [1.82, 2.24) is 5.32 Å². The van der Waals surface area contributed by atoms with Crippen LogP contribution in [0.1, 0.15) is 39.0 Å². The van der Waals surface area contributed by atoms with Gasteiger partial charge in [0.1, 0.15) is 11.6 Å². The average Bonchev–Trinajstić information content (AvgIpc) is 2.78. The zero-order valence-corrected chi connectivity index (χ0v) is 12.4. The van der Waals surface area contributed by atoms with E-state index in [0.717, 1.165) is 0 Å². The zero-order valence-electron chi connectivity index (χ0n) is 12.4. The number of rotatable bonds is 4. The van der Waals surface area contributed by atoms with E-state index in [-0.39, 0.29) is 5.76 Å². The number of aliphatic carboxylic acids is 1. The topological polar surface area (TPSA) is 79.5 Å². The summed E-state index contributed by atoms with van der Waals surface area (Å²) in [5.74, 6) is -1.66. The Balaban J connectivity index is 2.29. The van der Waals surface area contributed by atoms with Gasteiger partial charge in [-0.15, -0.1) is 0 Å². The fraction of sp³-hybridized carbons (Fsp3) is 0.250. The molecular formula is C16H16FNO4. The Kier molecular flexibility index (Phi) is 4.30. The molecule has 0 saturated heterocycles. The maximum atomic E-state index is 13.3. The van der Waals surface area contributed by atoms with E-state index >= 15 is 0 Å². The molecule has 0 unspecified atom stereocenters. The van der Waals surface area contributed by atoms with Gasteiger partial charge in [-0.1, -0.05) is 12.1 Å². The number of hydrogen-bond donors (Lipinski definition) is 2. The minimum absolute atomic E-state index is 0.0718. The van der Waals surface area contributed by atoms with E-state index in [0.29, 0.717) is 22.5 Å². The fourth-order valence-corrected chi connectivity index (χ4v) is 2.20. The maximum absolute atomic E-state index is 13.3. The number of carbonyl (C=O) groups excluding carboxylic acids is 1. The summed E-state index contributed by atoms with van der Waals surface area (Å²) >= 11 is 0. The Morgan fingerprint density at radius 1 is 1.18 bits per heavy atom. The third kappa shape index (κ3) is 3.16. The van der Waals surface area contributed by atoms with Gasteiger partial charge in [0.25, 0.3) is 5.91 Å². The van der Waals surface area contributed by atoms with E-state index in [9.17, 15) is 19.1 Å². The quantitative estimate of drug-likeness (QED) is 0.910. The van der Waals surface area contributed by atoms with Gasteiger partial charge in [0.2, 0.25) is 0 Å². The van der Waals surface area contributed by atoms with E-state index < -0.39 is 23.7 Å². The van der Waals surface area contributed by atoms with Crippen LogP contribution < -0.4 is 5.32 Å². The van der Waals surface area contributed by atoms with Crippen molar-refractivity contribution < 1.29 is 23.5 Å². The smallest absolute Gasteiger partial charge is 0.330 e. The molecule has 0 fully saturated rings. The number of halogens is 1. The van der Waals surface area contributed by atoms with E-state index in [1.807, 2.05) is 0 Å². The third-order valence-electron chi connectivity index (χ3n) is 3.28. The van der Waals surface area contributed by atoms with Crippen LogP contribution in [0, 0.1) is 26.6 Å². The van der Waals surface area contributed by atoms with Crippen LogP contribution in [0.2, 0.25) is 0 Å². The molecule has 0 aliphatic carbocycles. The average molecular weight is 305 g/mol. The summed E-state index contributed by atoms with van der Waals surface area (Å²) in [4.78, 5) is 23.6. The van der Waals surface area contributed by atoms with Crippen molar-refractivity contribution in [2.45, 2.75) is 26.8 Å². The Morgan fingerprint density at radius 2 is 1.86 bits per heavy atom. The molecule has 6 heteroatoms. The molecule has 1 aromatic heterocycles. The van der Waals surface area contributed by atoms with Gasteiger partial charge in [-0.05, 0) is 44.0 Å². The normalized spacial score (nSPS) is 12.0. The molecular weight excluding hydrogens is 289 g/mol. The van der Waals surface area contributed by atoms with Crippen LogP contribution in [-0.4, -0.2) is 17.0 Å². The van der Waals surface area contributed by atoms with Crippen LogP contribution in [-0.2, 0) is 4.79 Å². The lowest BCUT2D eigenvalue weighted by Crippen LogP contribution is -2.34. The highest BCUT2D eigenvalue weighted by Gasteiger charge is 2.25. The minimum Gasteiger partial charge on any atom is -0.479 e. The Labute approximate surface area is 126 Å². The van der Waals surface area contributed by atoms with Crippen molar-refractivity contribution in [3.05, 3.63) is 58.3 Å². The molecule has 0 saturated carbocycles. The summed E-state index contributed by atoms with van der Waals surface area (Å²) in [5.41, 5.74) is 1.22. The van der Waals surface area contributed by atoms with Crippen LogP contribution >= 0.6 is 0 Å². The number of hydrogen-bond acceptors (Lipinski definition) is 3. The van der Waals surface area contributed by atoms with Crippen molar-refractivity contribution in [1.29, 1.82) is 0 Å². The molecule has 0 bridgehead atoms. The van der Waals surface area contributed by atoms with Gasteiger partial charge in [-0.3, -0.25) is 4.79 Å². The Hall–Kier alpha value is -2.63. The molecule has 0 spiro atoms. The first-order valence-corrected chi connectivity index (χ1v) is 6.66. The molecule has 0 radical (unpaired) electrons. The summed E-state index contributed by atoms with van der Waals surface area (Å²) in [6.45, 7) is 4.92. The predicted molar refractivity (Wildman–Crippen MR) is 77.2 cm³/mol. The number of benzene rings is 1. The summed E-state index contributed by atoms with van der Waals surface area (Å²) in [7, 11) is 0. The zero-order chi connectivity index (χ0) is 16.4. The summed E-state index contributed by atoms with van der Waals surface area (Å²) in [5, 5.41) is 11.7. The number of amides is 1. The van der Waals surface area contributed by atoms with Crippen LogP contribution in [0.4, 0.5) is 4.39 Å². The number of nitrogens with one attached hydrogen (secondary N) is 1. The van der Waals surface area contributed by atoms with Crippen LogP contribution in [0.5, 0.6) is 0 Å². The third-order valence-corrected chi connectivity index (χ3v) is 3.28. The van der Waals surface area contributed by atoms with Gasteiger partial charge in [0.05, 0.1) is 0 Å². The molecule has 2 aromatic rings. The van der Waals surface area contributed by atoms with Crippen molar-refractivity contribution in [2.24, 2.45) is 0 Å². The van der Waals surface area contributed by atoms with Crippen molar-refractivity contribution in [3.63, 3.8) is 0 Å². The second kappa shape index (κ2) is 6.01. The highest BCUT2D eigenvalue weighted by Crippen LogP contribution is 2.19. The van der Waals surface area contributed by atoms with E-state index in [1.165, 1.54) is 25.1 Å². The van der Waals surface area contributed by atoms with Crippen LogP contribution in [0.15, 0.2) is 28.7 Å². The highest BCUT2D eigenvalue weighted by molar-refractivity contribution is 5.95. The summed E-state index contributed by atoms with van der Waals surface area (Å²) in [6.07, 6.45) is 0. The summed E-state index contributed by atoms with van der Waals surface area (Å²) in [6, 6.07) is 4.31. The Bertz CT molecular complexity index is 736. The first-order chi connectivity index (χ1) is 10.3. The molecule has 0 aliphatic rings. The van der Waals surface area contributed by atoms with Crippen molar-refractivity contribution >= 4 is 11.9 Å². The molecule has 2 rings (SSSR count). The first-order valence-electron chi connectivity index (χ1n) is 6.66. The second-order valence-electron chi connectivity index (χ2n) is 5.12. The minimum atomic E-state index is -1.28. The molecule has 116 valence electrons. The second-order valence-corrected chi connectivity index (χ2v) is 5.12. The Morgan fingerprint density at radius 3 is 2.36 bits per heavy atom. The van der Waals surface area contributed by atoms with E-state index in [4.69, 9.17) is 4.42 Å². The number of carbonyl (C=O) groups is 2. The molecule has 5 nitrogen and oxygen atoms in total. The summed E-state index contributed by atoms with van der Waals surface area (Å²) < 4.78 is 18.6. The van der Waals surface area contributed by atoms with Gasteiger partial charge in [0.15, 0.2) is 11.8 Å². The lowest BCUT2D eigenvalue weighted by atomic mass is 10.0. The largest absolute Gasteiger partial charge is 0.479 e. The lowest BCUT2D eigenvalue weighted by Gasteiger charge is -2.15. The molecule has 0 aliphatic heterocycles. The van der Waals surface area contributed by atoms with Gasteiger partial charge >= 0.3 is 5.97 Å². The predicted octanol–water partition coefficient (Wildman–Crippen LogP) is 2.90. The first kappa shape index (κ1) is 15.8. The van der Waals surface area contributed by atoms with E-state index in [2.05, 4.69) is 5.32 Å².